The molecule has 2 rings (SSSR count). The van der Waals surface area contributed by atoms with Crippen LogP contribution >= 0.6 is 0 Å². The second kappa shape index (κ2) is 4.45. The van der Waals surface area contributed by atoms with E-state index in [2.05, 4.69) is 23.0 Å². The van der Waals surface area contributed by atoms with Gasteiger partial charge in [0, 0.05) is 12.2 Å². The second-order valence-corrected chi connectivity index (χ2v) is 3.92. The van der Waals surface area contributed by atoms with Gasteiger partial charge < -0.3 is 10.3 Å². The second-order valence-electron chi connectivity index (χ2n) is 3.92. The number of aryl methyl sites for hydroxylation is 1. The summed E-state index contributed by atoms with van der Waals surface area (Å²) < 4.78 is 1.99. The van der Waals surface area contributed by atoms with Crippen LogP contribution in [0.4, 0.5) is 0 Å². The molecule has 1 atom stereocenters. The molecule has 4 heteroatoms. The minimum absolute atomic E-state index is 0.0167. The number of pyridine rings is 1. The first-order chi connectivity index (χ1) is 7.72. The van der Waals surface area contributed by atoms with E-state index in [-0.39, 0.29) is 6.04 Å². The highest BCUT2D eigenvalue weighted by Gasteiger charge is 2.10. The first kappa shape index (κ1) is 10.8. The Labute approximate surface area is 95.1 Å². The van der Waals surface area contributed by atoms with Crippen LogP contribution in [0.25, 0.3) is 5.69 Å². The van der Waals surface area contributed by atoms with Crippen molar-refractivity contribution < 1.29 is 0 Å². The normalized spacial score (nSPS) is 12.7. The van der Waals surface area contributed by atoms with Gasteiger partial charge in [-0.25, -0.2) is 4.98 Å². The maximum absolute atomic E-state index is 6.03. The molecular weight excluding hydrogens is 200 g/mol. The summed E-state index contributed by atoms with van der Waals surface area (Å²) in [5, 5.41) is 0. The number of imidazole rings is 1. The fourth-order valence-electron chi connectivity index (χ4n) is 1.68. The lowest BCUT2D eigenvalue weighted by Crippen LogP contribution is -2.13. The van der Waals surface area contributed by atoms with Gasteiger partial charge in [-0.3, -0.25) is 4.98 Å². The van der Waals surface area contributed by atoms with Crippen LogP contribution in [0.15, 0.2) is 31.0 Å². The number of rotatable bonds is 3. The van der Waals surface area contributed by atoms with E-state index < -0.39 is 0 Å². The topological polar surface area (TPSA) is 56.7 Å². The number of hydrogen-bond donors (Lipinski definition) is 1. The van der Waals surface area contributed by atoms with Gasteiger partial charge in [0.15, 0.2) is 0 Å². The number of aromatic nitrogens is 3. The Morgan fingerprint density at radius 3 is 2.81 bits per heavy atom. The van der Waals surface area contributed by atoms with Crippen LogP contribution in [0.2, 0.25) is 0 Å². The molecule has 0 bridgehead atoms. The molecule has 2 heterocycles. The van der Waals surface area contributed by atoms with Crippen molar-refractivity contribution in [3.05, 3.63) is 42.2 Å². The highest BCUT2D eigenvalue weighted by molar-refractivity contribution is 5.34. The van der Waals surface area contributed by atoms with Gasteiger partial charge in [0.2, 0.25) is 0 Å². The molecule has 0 saturated heterocycles. The van der Waals surface area contributed by atoms with E-state index in [1.165, 1.54) is 0 Å². The SMILES string of the molecule is CC[C@@H](N)c1cncn1-c1cncc(C)c1. The first-order valence-electron chi connectivity index (χ1n) is 5.42. The highest BCUT2D eigenvalue weighted by atomic mass is 15.1. The van der Waals surface area contributed by atoms with Crippen molar-refractivity contribution in [1.82, 2.24) is 14.5 Å². The zero-order valence-corrected chi connectivity index (χ0v) is 9.59. The average molecular weight is 216 g/mol. The summed E-state index contributed by atoms with van der Waals surface area (Å²) in [5.41, 5.74) is 9.19. The van der Waals surface area contributed by atoms with Gasteiger partial charge in [-0.1, -0.05) is 6.92 Å². The summed E-state index contributed by atoms with van der Waals surface area (Å²) in [6.45, 7) is 4.09. The van der Waals surface area contributed by atoms with Crippen molar-refractivity contribution in [2.45, 2.75) is 26.3 Å². The zero-order valence-electron chi connectivity index (χ0n) is 9.59. The highest BCUT2D eigenvalue weighted by Crippen LogP contribution is 2.18. The third-order valence-electron chi connectivity index (χ3n) is 2.63. The molecule has 0 unspecified atom stereocenters. The van der Waals surface area contributed by atoms with E-state index >= 15 is 0 Å². The molecule has 84 valence electrons. The predicted molar refractivity (Wildman–Crippen MR) is 63.3 cm³/mol. The van der Waals surface area contributed by atoms with E-state index in [4.69, 9.17) is 5.73 Å². The smallest absolute Gasteiger partial charge is 0.0995 e. The molecule has 0 aliphatic carbocycles. The minimum atomic E-state index is 0.0167. The molecule has 0 amide bonds. The molecule has 0 spiro atoms. The molecule has 2 aromatic heterocycles. The molecule has 2 N–H and O–H groups in total. The first-order valence-corrected chi connectivity index (χ1v) is 5.42. The summed E-state index contributed by atoms with van der Waals surface area (Å²) >= 11 is 0. The molecule has 0 aliphatic heterocycles. The van der Waals surface area contributed by atoms with Crippen molar-refractivity contribution in [2.24, 2.45) is 5.73 Å². The van der Waals surface area contributed by atoms with Crippen molar-refractivity contribution in [3.63, 3.8) is 0 Å². The van der Waals surface area contributed by atoms with Crippen LogP contribution in [-0.4, -0.2) is 14.5 Å². The molecule has 0 fully saturated rings. The quantitative estimate of drug-likeness (QED) is 0.853. The zero-order chi connectivity index (χ0) is 11.5. The van der Waals surface area contributed by atoms with Crippen molar-refractivity contribution in [1.29, 1.82) is 0 Å². The number of hydrogen-bond acceptors (Lipinski definition) is 3. The Morgan fingerprint density at radius 1 is 1.31 bits per heavy atom. The number of nitrogens with zero attached hydrogens (tertiary/aromatic N) is 3. The lowest BCUT2D eigenvalue weighted by molar-refractivity contribution is 0.659. The maximum atomic E-state index is 6.03. The Hall–Kier alpha value is -1.68. The summed E-state index contributed by atoms with van der Waals surface area (Å²) in [5.74, 6) is 0. The molecule has 2 aromatic rings. The summed E-state index contributed by atoms with van der Waals surface area (Å²) in [7, 11) is 0. The average Bonchev–Trinajstić information content (AvgIpc) is 2.77. The van der Waals surface area contributed by atoms with E-state index in [9.17, 15) is 0 Å². The van der Waals surface area contributed by atoms with Gasteiger partial charge >= 0.3 is 0 Å². The van der Waals surface area contributed by atoms with Crippen molar-refractivity contribution in [3.8, 4) is 5.69 Å². The minimum Gasteiger partial charge on any atom is -0.323 e. The van der Waals surface area contributed by atoms with Crippen LogP contribution in [-0.2, 0) is 0 Å². The standard InChI is InChI=1S/C12H16N4/c1-3-11(13)12-7-15-8-16(12)10-4-9(2)5-14-6-10/h4-8,11H,3,13H2,1-2H3/t11-/m1/s1. The third kappa shape index (κ3) is 1.97. The Morgan fingerprint density at radius 2 is 2.12 bits per heavy atom. The van der Waals surface area contributed by atoms with Crippen LogP contribution in [0, 0.1) is 6.92 Å². The largest absolute Gasteiger partial charge is 0.323 e. The summed E-state index contributed by atoms with van der Waals surface area (Å²) in [6.07, 6.45) is 8.14. The molecule has 0 saturated carbocycles. The fourth-order valence-corrected chi connectivity index (χ4v) is 1.68. The van der Waals surface area contributed by atoms with Crippen LogP contribution in [0.1, 0.15) is 30.6 Å². The third-order valence-corrected chi connectivity index (χ3v) is 2.63. The van der Waals surface area contributed by atoms with E-state index in [0.717, 1.165) is 23.4 Å². The van der Waals surface area contributed by atoms with Gasteiger partial charge in [0.25, 0.3) is 0 Å². The van der Waals surface area contributed by atoms with Gasteiger partial charge in [-0.2, -0.15) is 0 Å². The van der Waals surface area contributed by atoms with Crippen molar-refractivity contribution in [2.75, 3.05) is 0 Å². The fraction of sp³-hybridized carbons (Fsp3) is 0.333. The van der Waals surface area contributed by atoms with Gasteiger partial charge in [-0.05, 0) is 25.0 Å². The Bertz CT molecular complexity index is 475. The van der Waals surface area contributed by atoms with E-state index in [0.29, 0.717) is 0 Å². The van der Waals surface area contributed by atoms with E-state index in [1.54, 1.807) is 6.33 Å². The maximum Gasteiger partial charge on any atom is 0.0995 e. The van der Waals surface area contributed by atoms with Gasteiger partial charge in [0.05, 0.1) is 30.1 Å². The van der Waals surface area contributed by atoms with Crippen LogP contribution < -0.4 is 5.73 Å². The summed E-state index contributed by atoms with van der Waals surface area (Å²) in [6, 6.07) is 2.09. The molecule has 0 aliphatic rings. The lowest BCUT2D eigenvalue weighted by atomic mass is 10.2. The predicted octanol–water partition coefficient (Wildman–Crippen LogP) is 1.99. The van der Waals surface area contributed by atoms with Crippen LogP contribution in [0.5, 0.6) is 0 Å². The molecule has 4 nitrogen and oxygen atoms in total. The van der Waals surface area contributed by atoms with E-state index in [1.807, 2.05) is 30.1 Å². The Kier molecular flexibility index (Phi) is 3.01. The molecular formula is C12H16N4. The van der Waals surface area contributed by atoms with Gasteiger partial charge in [0.1, 0.15) is 0 Å². The van der Waals surface area contributed by atoms with Gasteiger partial charge in [-0.15, -0.1) is 0 Å². The van der Waals surface area contributed by atoms with Crippen LogP contribution in [0.3, 0.4) is 0 Å². The molecule has 16 heavy (non-hydrogen) atoms. The lowest BCUT2D eigenvalue weighted by Gasteiger charge is -2.12. The Balaban J connectivity index is 2.44. The monoisotopic (exact) mass is 216 g/mol. The number of nitrogens with two attached hydrogens (primary N) is 1. The molecule has 0 aromatic carbocycles. The summed E-state index contributed by atoms with van der Waals surface area (Å²) in [4.78, 5) is 8.33. The molecule has 0 radical (unpaired) electrons. The van der Waals surface area contributed by atoms with Crippen molar-refractivity contribution >= 4 is 0 Å².